The van der Waals surface area contributed by atoms with Crippen LogP contribution in [-0.4, -0.2) is 72.8 Å². The molecule has 1 aliphatic carbocycles. The molecule has 3 aliphatic rings. The molecule has 2 atom stereocenters. The zero-order valence-corrected chi connectivity index (χ0v) is 19.6. The Labute approximate surface area is 191 Å². The minimum absolute atomic E-state index is 0.0402. The van der Waals surface area contributed by atoms with Gasteiger partial charge in [-0.05, 0) is 12.8 Å². The van der Waals surface area contributed by atoms with E-state index in [4.69, 9.17) is 0 Å². The number of carbonyl (C=O) groups excluding carboxylic acids is 3. The fraction of sp³-hybridized carbons (Fsp3) is 0.714. The van der Waals surface area contributed by atoms with Gasteiger partial charge in [-0.1, -0.05) is 12.8 Å². The molecule has 170 valence electrons. The summed E-state index contributed by atoms with van der Waals surface area (Å²) in [5.41, 5.74) is -0.835. The summed E-state index contributed by atoms with van der Waals surface area (Å²) < 4.78 is 2.02. The van der Waals surface area contributed by atoms with E-state index in [2.05, 4.69) is 15.6 Å². The van der Waals surface area contributed by atoms with Crippen LogP contribution in [0, 0.1) is 0 Å². The van der Waals surface area contributed by atoms with E-state index >= 15 is 0 Å². The molecule has 1 saturated heterocycles. The number of nitrogens with zero attached hydrogens (tertiary/aromatic N) is 3. The SMILES string of the molecule is CC(=O)NC1(C(=O)N2Cc3nccn3CC(NC(=O)CC3CSCCS3)C2)CCCC1. The Morgan fingerprint density at radius 3 is 2.74 bits per heavy atom. The number of nitrogens with one attached hydrogen (secondary N) is 2. The first-order chi connectivity index (χ1) is 14.9. The van der Waals surface area contributed by atoms with Crippen molar-refractivity contribution in [2.24, 2.45) is 0 Å². The van der Waals surface area contributed by atoms with E-state index in [1.807, 2.05) is 34.3 Å². The molecule has 0 radical (unpaired) electrons. The smallest absolute Gasteiger partial charge is 0.248 e. The number of hydrogen-bond acceptors (Lipinski definition) is 6. The normalized spacial score (nSPS) is 25.4. The van der Waals surface area contributed by atoms with E-state index in [0.717, 1.165) is 35.9 Å². The Morgan fingerprint density at radius 2 is 2.03 bits per heavy atom. The molecule has 8 nitrogen and oxygen atoms in total. The van der Waals surface area contributed by atoms with Crippen LogP contribution in [-0.2, 0) is 27.5 Å². The van der Waals surface area contributed by atoms with Crippen LogP contribution in [0.5, 0.6) is 0 Å². The van der Waals surface area contributed by atoms with Crippen LogP contribution in [0.15, 0.2) is 12.4 Å². The molecule has 3 amide bonds. The lowest BCUT2D eigenvalue weighted by Crippen LogP contribution is -2.59. The largest absolute Gasteiger partial charge is 0.350 e. The molecule has 10 heteroatoms. The predicted octanol–water partition coefficient (Wildman–Crippen LogP) is 1.40. The number of rotatable bonds is 5. The molecule has 1 aromatic rings. The quantitative estimate of drug-likeness (QED) is 0.682. The molecule has 3 heterocycles. The first kappa shape index (κ1) is 22.5. The summed E-state index contributed by atoms with van der Waals surface area (Å²) in [5, 5.41) is 6.48. The first-order valence-electron chi connectivity index (χ1n) is 11.0. The van der Waals surface area contributed by atoms with E-state index in [9.17, 15) is 14.4 Å². The summed E-state index contributed by atoms with van der Waals surface area (Å²) >= 11 is 3.78. The van der Waals surface area contributed by atoms with E-state index in [1.54, 1.807) is 11.1 Å². The Kier molecular flexibility index (Phi) is 7.15. The van der Waals surface area contributed by atoms with Gasteiger partial charge in [-0.15, -0.1) is 0 Å². The van der Waals surface area contributed by atoms with Gasteiger partial charge in [0.15, 0.2) is 0 Å². The Morgan fingerprint density at radius 1 is 1.23 bits per heavy atom. The molecule has 1 aromatic heterocycles. The highest BCUT2D eigenvalue weighted by atomic mass is 32.2. The van der Waals surface area contributed by atoms with Crippen molar-refractivity contribution in [1.29, 1.82) is 0 Å². The van der Waals surface area contributed by atoms with Crippen LogP contribution in [0.3, 0.4) is 0 Å². The number of fused-ring (bicyclic) bond motifs is 1. The molecular formula is C21H31N5O3S2. The average Bonchev–Trinajstić information content (AvgIpc) is 3.34. The highest BCUT2D eigenvalue weighted by molar-refractivity contribution is 8.06. The van der Waals surface area contributed by atoms with Crippen molar-refractivity contribution in [3.63, 3.8) is 0 Å². The van der Waals surface area contributed by atoms with Gasteiger partial charge in [0.1, 0.15) is 11.4 Å². The molecule has 2 aliphatic heterocycles. The molecule has 0 spiro atoms. The van der Waals surface area contributed by atoms with Gasteiger partial charge in [-0.2, -0.15) is 23.5 Å². The number of thioether (sulfide) groups is 2. The average molecular weight is 466 g/mol. The summed E-state index contributed by atoms with van der Waals surface area (Å²) in [6, 6.07) is -0.191. The van der Waals surface area contributed by atoms with Crippen molar-refractivity contribution in [2.45, 2.75) is 68.9 Å². The van der Waals surface area contributed by atoms with Gasteiger partial charge < -0.3 is 20.1 Å². The highest BCUT2D eigenvalue weighted by Crippen LogP contribution is 2.32. The van der Waals surface area contributed by atoms with Crippen LogP contribution < -0.4 is 10.6 Å². The van der Waals surface area contributed by atoms with Crippen molar-refractivity contribution in [1.82, 2.24) is 25.1 Å². The Balaban J connectivity index is 1.48. The van der Waals surface area contributed by atoms with Gasteiger partial charge in [-0.25, -0.2) is 4.98 Å². The van der Waals surface area contributed by atoms with Gasteiger partial charge in [-0.3, -0.25) is 14.4 Å². The standard InChI is InChI=1S/C21H31N5O3S2/c1-15(27)24-21(4-2-3-5-21)20(29)26-12-16(11-25-7-6-22-18(25)13-26)23-19(28)10-17-14-30-8-9-31-17/h6-7,16-17H,2-5,8-14H2,1H3,(H,23,28)(H,24,27). The molecule has 2 fully saturated rings. The Bertz CT molecular complexity index is 818. The number of aromatic nitrogens is 2. The maximum Gasteiger partial charge on any atom is 0.248 e. The van der Waals surface area contributed by atoms with Gasteiger partial charge >= 0.3 is 0 Å². The van der Waals surface area contributed by atoms with E-state index in [1.165, 1.54) is 6.92 Å². The second kappa shape index (κ2) is 9.85. The first-order valence-corrected chi connectivity index (χ1v) is 13.2. The van der Waals surface area contributed by atoms with E-state index in [-0.39, 0.29) is 23.8 Å². The summed E-state index contributed by atoms with van der Waals surface area (Å²) in [6.45, 7) is 2.86. The van der Waals surface area contributed by atoms with Gasteiger partial charge in [0.25, 0.3) is 0 Å². The molecule has 4 rings (SSSR count). The maximum atomic E-state index is 13.6. The molecule has 2 unspecified atom stereocenters. The zero-order chi connectivity index (χ0) is 21.8. The van der Waals surface area contributed by atoms with Crippen LogP contribution >= 0.6 is 23.5 Å². The monoisotopic (exact) mass is 465 g/mol. The second-order valence-electron chi connectivity index (χ2n) is 8.69. The zero-order valence-electron chi connectivity index (χ0n) is 18.0. The topological polar surface area (TPSA) is 96.3 Å². The van der Waals surface area contributed by atoms with Crippen LogP contribution in [0.4, 0.5) is 0 Å². The fourth-order valence-corrected chi connectivity index (χ4v) is 7.54. The minimum atomic E-state index is -0.835. The van der Waals surface area contributed by atoms with Crippen LogP contribution in [0.1, 0.15) is 44.9 Å². The second-order valence-corrected chi connectivity index (χ2v) is 11.2. The van der Waals surface area contributed by atoms with Crippen molar-refractivity contribution in [2.75, 3.05) is 23.8 Å². The summed E-state index contributed by atoms with van der Waals surface area (Å²) in [6.07, 6.45) is 7.30. The maximum absolute atomic E-state index is 13.6. The lowest BCUT2D eigenvalue weighted by atomic mass is 9.95. The van der Waals surface area contributed by atoms with Crippen molar-refractivity contribution in [3.05, 3.63) is 18.2 Å². The van der Waals surface area contributed by atoms with E-state index < -0.39 is 5.54 Å². The summed E-state index contributed by atoms with van der Waals surface area (Å²) in [7, 11) is 0. The fourth-order valence-electron chi connectivity index (χ4n) is 4.86. The third-order valence-electron chi connectivity index (χ3n) is 6.22. The van der Waals surface area contributed by atoms with E-state index in [0.29, 0.717) is 44.1 Å². The third-order valence-corrected chi connectivity index (χ3v) is 9.07. The number of hydrogen-bond donors (Lipinski definition) is 2. The molecule has 0 aromatic carbocycles. The van der Waals surface area contributed by atoms with Crippen molar-refractivity contribution < 1.29 is 14.4 Å². The Hall–Kier alpha value is -1.68. The van der Waals surface area contributed by atoms with Crippen molar-refractivity contribution >= 4 is 41.2 Å². The van der Waals surface area contributed by atoms with Crippen LogP contribution in [0.25, 0.3) is 0 Å². The number of amides is 3. The van der Waals surface area contributed by atoms with Gasteiger partial charge in [0.2, 0.25) is 17.7 Å². The van der Waals surface area contributed by atoms with Crippen molar-refractivity contribution in [3.8, 4) is 0 Å². The third kappa shape index (κ3) is 5.39. The highest BCUT2D eigenvalue weighted by Gasteiger charge is 2.45. The molecular weight excluding hydrogens is 434 g/mol. The lowest BCUT2D eigenvalue weighted by Gasteiger charge is -2.35. The summed E-state index contributed by atoms with van der Waals surface area (Å²) in [4.78, 5) is 44.5. The van der Waals surface area contributed by atoms with Gasteiger partial charge in [0, 0.05) is 61.3 Å². The molecule has 31 heavy (non-hydrogen) atoms. The van der Waals surface area contributed by atoms with Gasteiger partial charge in [0.05, 0.1) is 12.6 Å². The molecule has 2 N–H and O–H groups in total. The predicted molar refractivity (Wildman–Crippen MR) is 123 cm³/mol. The summed E-state index contributed by atoms with van der Waals surface area (Å²) in [5.74, 6) is 3.87. The molecule has 0 bridgehead atoms. The molecule has 1 saturated carbocycles. The minimum Gasteiger partial charge on any atom is -0.350 e. The number of imidazole rings is 1. The lowest BCUT2D eigenvalue weighted by molar-refractivity contribution is -0.142. The number of carbonyl (C=O) groups is 3. The van der Waals surface area contributed by atoms with Crippen LogP contribution in [0.2, 0.25) is 0 Å².